The van der Waals surface area contributed by atoms with E-state index in [1.807, 2.05) is 0 Å². The summed E-state index contributed by atoms with van der Waals surface area (Å²) >= 11 is 0. The number of nitrogens with two attached hydrogens (primary N) is 1. The first-order valence-corrected chi connectivity index (χ1v) is 11.5. The van der Waals surface area contributed by atoms with Crippen molar-refractivity contribution in [3.8, 4) is 0 Å². The van der Waals surface area contributed by atoms with E-state index in [0.717, 1.165) is 37.7 Å². The monoisotopic (exact) mass is 383 g/mol. The maximum atomic E-state index is 11.2. The lowest BCUT2D eigenvalue weighted by Crippen LogP contribution is -2.44. The molecule has 1 aliphatic carbocycles. The summed E-state index contributed by atoms with van der Waals surface area (Å²) in [6.07, 6.45) is 11.4. The Morgan fingerprint density at radius 2 is 1.65 bits per heavy atom. The molecule has 1 atom stereocenters. The Hall–Kier alpha value is -0.710. The summed E-state index contributed by atoms with van der Waals surface area (Å²) < 4.78 is 16.1. The summed E-state index contributed by atoms with van der Waals surface area (Å²) in [6.45, 7) is 2.23. The Morgan fingerprint density at radius 1 is 1.08 bits per heavy atom. The Kier molecular flexibility index (Phi) is 8.31. The maximum absolute atomic E-state index is 11.2. The third kappa shape index (κ3) is 6.17. The molecule has 4 N–H and O–H groups in total. The molecule has 1 aliphatic rings. The van der Waals surface area contributed by atoms with Crippen LogP contribution in [0.25, 0.3) is 0 Å². The van der Waals surface area contributed by atoms with E-state index in [1.54, 1.807) is 0 Å². The maximum Gasteiger partial charge on any atom is 0.471 e. The number of hydrogen-bond donors (Lipinski definition) is 3. The van der Waals surface area contributed by atoms with E-state index in [1.165, 1.54) is 44.1 Å². The highest BCUT2D eigenvalue weighted by Crippen LogP contribution is 2.48. The smallest absolute Gasteiger partial charge is 0.305 e. The molecule has 1 saturated carbocycles. The van der Waals surface area contributed by atoms with Crippen molar-refractivity contribution in [2.45, 2.75) is 89.2 Å². The number of unbranched alkanes of at least 4 members (excludes halogenated alkanes) is 5. The summed E-state index contributed by atoms with van der Waals surface area (Å²) in [6, 6.07) is 8.40. The lowest BCUT2D eigenvalue weighted by molar-refractivity contribution is 0.0733. The molecule has 1 unspecified atom stereocenters. The van der Waals surface area contributed by atoms with Gasteiger partial charge in [-0.05, 0) is 36.8 Å². The topological polar surface area (TPSA) is 92.8 Å². The minimum atomic E-state index is -4.60. The third-order valence-corrected chi connectivity index (χ3v) is 6.14. The van der Waals surface area contributed by atoms with Gasteiger partial charge < -0.3 is 15.5 Å². The predicted octanol–water partition coefficient (Wildman–Crippen LogP) is 4.80. The first kappa shape index (κ1) is 21.6. The molecular formula is C20H34NO4P. The fraction of sp³-hybridized carbons (Fsp3) is 0.700. The third-order valence-electron chi connectivity index (χ3n) is 5.64. The minimum Gasteiger partial charge on any atom is -0.305 e. The van der Waals surface area contributed by atoms with Gasteiger partial charge in [-0.1, -0.05) is 76.1 Å². The van der Waals surface area contributed by atoms with Crippen molar-refractivity contribution >= 4 is 7.82 Å². The first-order chi connectivity index (χ1) is 12.4. The van der Waals surface area contributed by atoms with Gasteiger partial charge in [-0.15, -0.1) is 0 Å². The standard InChI is InChI=1S/C20H34NO4P/c1-2-3-4-5-6-7-10-17-11-13-18(14-12-17)20(15-8-9-16-20)19(21)25-26(22,23)24/h11-14,19H,2-10,15-16,21H2,1H3,(H2,22,23,24). The van der Waals surface area contributed by atoms with Crippen molar-refractivity contribution in [3.63, 3.8) is 0 Å². The second-order valence-electron chi connectivity index (χ2n) is 7.59. The second-order valence-corrected chi connectivity index (χ2v) is 8.79. The molecule has 2 rings (SSSR count). The van der Waals surface area contributed by atoms with E-state index in [4.69, 9.17) is 20.0 Å². The summed E-state index contributed by atoms with van der Waals surface area (Å²) in [5.41, 5.74) is 7.93. The van der Waals surface area contributed by atoms with Crippen LogP contribution in [0, 0.1) is 0 Å². The molecule has 0 spiro atoms. The van der Waals surface area contributed by atoms with Crippen LogP contribution in [-0.4, -0.2) is 16.0 Å². The van der Waals surface area contributed by atoms with Crippen LogP contribution >= 0.6 is 7.82 Å². The molecule has 148 valence electrons. The fourth-order valence-electron chi connectivity index (χ4n) is 4.10. The van der Waals surface area contributed by atoms with Crippen LogP contribution in [-0.2, 0) is 20.9 Å². The molecule has 1 aromatic rings. The van der Waals surface area contributed by atoms with Gasteiger partial charge >= 0.3 is 7.82 Å². The van der Waals surface area contributed by atoms with Crippen molar-refractivity contribution in [1.29, 1.82) is 0 Å². The van der Waals surface area contributed by atoms with Crippen LogP contribution < -0.4 is 5.73 Å². The highest BCUT2D eigenvalue weighted by atomic mass is 31.2. The molecule has 5 nitrogen and oxygen atoms in total. The predicted molar refractivity (Wildman–Crippen MR) is 105 cm³/mol. The van der Waals surface area contributed by atoms with E-state index < -0.39 is 19.5 Å². The number of benzene rings is 1. The lowest BCUT2D eigenvalue weighted by Gasteiger charge is -2.35. The average molecular weight is 383 g/mol. The molecule has 0 saturated heterocycles. The quantitative estimate of drug-likeness (QED) is 0.290. The van der Waals surface area contributed by atoms with Crippen molar-refractivity contribution in [2.75, 3.05) is 0 Å². The van der Waals surface area contributed by atoms with Crippen molar-refractivity contribution in [1.82, 2.24) is 0 Å². The Morgan fingerprint density at radius 3 is 2.23 bits per heavy atom. The molecule has 1 aromatic carbocycles. The second kappa shape index (κ2) is 10.0. The van der Waals surface area contributed by atoms with Crippen molar-refractivity contribution < 1.29 is 18.9 Å². The molecule has 26 heavy (non-hydrogen) atoms. The number of phosphoric ester groups is 1. The van der Waals surface area contributed by atoms with Gasteiger partial charge in [0.1, 0.15) is 6.23 Å². The zero-order valence-corrected chi connectivity index (χ0v) is 16.8. The normalized spacial score (nSPS) is 18.2. The molecule has 0 radical (unpaired) electrons. The Labute approximate surface area is 157 Å². The van der Waals surface area contributed by atoms with Crippen LogP contribution in [0.15, 0.2) is 24.3 Å². The van der Waals surface area contributed by atoms with Crippen molar-refractivity contribution in [3.05, 3.63) is 35.4 Å². The molecule has 1 fully saturated rings. The number of rotatable bonds is 11. The number of phosphoric acid groups is 1. The molecule has 6 heteroatoms. The van der Waals surface area contributed by atoms with Gasteiger partial charge in [0, 0.05) is 5.41 Å². The van der Waals surface area contributed by atoms with Gasteiger partial charge in [0.2, 0.25) is 0 Å². The van der Waals surface area contributed by atoms with Gasteiger partial charge in [-0.3, -0.25) is 4.52 Å². The van der Waals surface area contributed by atoms with Gasteiger partial charge in [0.25, 0.3) is 0 Å². The number of aryl methyl sites for hydroxylation is 1. The minimum absolute atomic E-state index is 0.500. The Bertz CT molecular complexity index is 578. The van der Waals surface area contributed by atoms with E-state index in [-0.39, 0.29) is 0 Å². The van der Waals surface area contributed by atoms with Crippen LogP contribution in [0.4, 0.5) is 0 Å². The zero-order valence-electron chi connectivity index (χ0n) is 15.9. The average Bonchev–Trinajstić information content (AvgIpc) is 3.08. The summed E-state index contributed by atoms with van der Waals surface area (Å²) in [4.78, 5) is 18.3. The van der Waals surface area contributed by atoms with Gasteiger partial charge in [0.05, 0.1) is 0 Å². The summed E-state index contributed by atoms with van der Waals surface area (Å²) in [5, 5.41) is 0. The molecular weight excluding hydrogens is 349 g/mol. The van der Waals surface area contributed by atoms with Gasteiger partial charge in [-0.2, -0.15) is 0 Å². The van der Waals surface area contributed by atoms with E-state index in [2.05, 4.69) is 31.2 Å². The molecule has 0 amide bonds. The summed E-state index contributed by atoms with van der Waals surface area (Å²) in [5.74, 6) is 0. The van der Waals surface area contributed by atoms with Crippen LogP contribution in [0.2, 0.25) is 0 Å². The summed E-state index contributed by atoms with van der Waals surface area (Å²) in [7, 11) is -4.60. The molecule has 0 heterocycles. The van der Waals surface area contributed by atoms with E-state index >= 15 is 0 Å². The number of hydrogen-bond acceptors (Lipinski definition) is 3. The van der Waals surface area contributed by atoms with Crippen LogP contribution in [0.1, 0.15) is 82.3 Å². The SMILES string of the molecule is CCCCCCCCc1ccc(C2(C(N)OP(=O)(O)O)CCCC2)cc1. The molecule has 0 aromatic heterocycles. The van der Waals surface area contributed by atoms with Crippen LogP contribution in [0.3, 0.4) is 0 Å². The Balaban J connectivity index is 1.97. The van der Waals surface area contributed by atoms with Gasteiger partial charge in [0.15, 0.2) is 0 Å². The zero-order chi connectivity index (χ0) is 19.0. The molecule has 0 bridgehead atoms. The first-order valence-electron chi connectivity index (χ1n) is 9.96. The largest absolute Gasteiger partial charge is 0.471 e. The van der Waals surface area contributed by atoms with E-state index in [9.17, 15) is 4.57 Å². The highest BCUT2D eigenvalue weighted by molar-refractivity contribution is 7.46. The highest BCUT2D eigenvalue weighted by Gasteiger charge is 2.44. The van der Waals surface area contributed by atoms with Crippen molar-refractivity contribution in [2.24, 2.45) is 5.73 Å². The fourth-order valence-corrected chi connectivity index (χ4v) is 4.60. The van der Waals surface area contributed by atoms with Gasteiger partial charge in [-0.25, -0.2) is 4.57 Å². The van der Waals surface area contributed by atoms with E-state index in [0.29, 0.717) is 0 Å². The lowest BCUT2D eigenvalue weighted by atomic mass is 9.77. The molecule has 0 aliphatic heterocycles. The van der Waals surface area contributed by atoms with Crippen LogP contribution in [0.5, 0.6) is 0 Å².